The van der Waals surface area contributed by atoms with Gasteiger partial charge in [0.1, 0.15) is 5.82 Å². The summed E-state index contributed by atoms with van der Waals surface area (Å²) in [5.74, 6) is -1.39. The van der Waals surface area contributed by atoms with Crippen molar-refractivity contribution in [1.82, 2.24) is 15.6 Å². The third-order valence-electron chi connectivity index (χ3n) is 4.45. The van der Waals surface area contributed by atoms with Gasteiger partial charge in [-0.3, -0.25) is 24.5 Å². The van der Waals surface area contributed by atoms with Crippen molar-refractivity contribution in [3.8, 4) is 0 Å². The number of amides is 2. The minimum atomic E-state index is -1.18. The van der Waals surface area contributed by atoms with Crippen LogP contribution in [0.15, 0.2) is 42.6 Å². The topological polar surface area (TPSA) is 164 Å². The van der Waals surface area contributed by atoms with Gasteiger partial charge in [-0.25, -0.2) is 4.98 Å². The average Bonchev–Trinajstić information content (AvgIpc) is 2.74. The SMILES string of the molecule is Cc1ccnc(NCCCC(=O)NCC(=O)NC(CC(=O)O)c2cccc([N+](=O)[O-])c2)c1. The number of non-ortho nitro benzene ring substituents is 1. The van der Waals surface area contributed by atoms with E-state index in [2.05, 4.69) is 20.9 Å². The number of aromatic nitrogens is 1. The van der Waals surface area contributed by atoms with Crippen LogP contribution in [-0.2, 0) is 14.4 Å². The summed E-state index contributed by atoms with van der Waals surface area (Å²) >= 11 is 0. The van der Waals surface area contributed by atoms with Crippen LogP contribution in [0.3, 0.4) is 0 Å². The maximum atomic E-state index is 12.2. The summed E-state index contributed by atoms with van der Waals surface area (Å²) < 4.78 is 0. The highest BCUT2D eigenvalue weighted by Crippen LogP contribution is 2.21. The van der Waals surface area contributed by atoms with Crippen molar-refractivity contribution in [2.45, 2.75) is 32.2 Å². The molecular weight excluding hydrogens is 418 g/mol. The maximum Gasteiger partial charge on any atom is 0.305 e. The molecule has 11 nitrogen and oxygen atoms in total. The number of rotatable bonds is 12. The van der Waals surface area contributed by atoms with Crippen molar-refractivity contribution in [2.24, 2.45) is 0 Å². The van der Waals surface area contributed by atoms with Gasteiger partial charge in [-0.05, 0) is 36.6 Å². The summed E-state index contributed by atoms with van der Waals surface area (Å²) in [6.07, 6.45) is 1.95. The molecule has 0 aliphatic heterocycles. The minimum absolute atomic E-state index is 0.190. The number of carbonyl (C=O) groups is 3. The molecule has 0 bridgehead atoms. The van der Waals surface area contributed by atoms with Gasteiger partial charge in [0.25, 0.3) is 5.69 Å². The fourth-order valence-corrected chi connectivity index (χ4v) is 2.89. The standard InChI is InChI=1S/C21H25N5O6/c1-14-7-9-23-18(10-14)22-8-3-6-19(27)24-13-20(28)25-17(12-21(29)30)15-4-2-5-16(11-15)26(31)32/h2,4-5,7,9-11,17H,3,6,8,12-13H2,1H3,(H,22,23)(H,24,27)(H,25,28)(H,29,30). The zero-order valence-electron chi connectivity index (χ0n) is 17.5. The lowest BCUT2D eigenvalue weighted by Gasteiger charge is -2.17. The van der Waals surface area contributed by atoms with Crippen molar-refractivity contribution in [2.75, 3.05) is 18.4 Å². The van der Waals surface area contributed by atoms with Gasteiger partial charge in [0.05, 0.1) is 23.9 Å². The van der Waals surface area contributed by atoms with Crippen LogP contribution < -0.4 is 16.0 Å². The molecule has 2 amide bonds. The van der Waals surface area contributed by atoms with E-state index in [0.29, 0.717) is 13.0 Å². The molecule has 11 heteroatoms. The van der Waals surface area contributed by atoms with E-state index >= 15 is 0 Å². The highest BCUT2D eigenvalue weighted by atomic mass is 16.6. The molecular formula is C21H25N5O6. The second kappa shape index (κ2) is 12.0. The Bertz CT molecular complexity index is 981. The van der Waals surface area contributed by atoms with Crippen LogP contribution >= 0.6 is 0 Å². The molecule has 0 fully saturated rings. The number of pyridine rings is 1. The van der Waals surface area contributed by atoms with Crippen molar-refractivity contribution < 1.29 is 24.4 Å². The van der Waals surface area contributed by atoms with E-state index in [-0.39, 0.29) is 30.1 Å². The lowest BCUT2D eigenvalue weighted by Crippen LogP contribution is -2.39. The first-order valence-corrected chi connectivity index (χ1v) is 9.93. The Hall–Kier alpha value is -4.02. The molecule has 1 heterocycles. The van der Waals surface area contributed by atoms with E-state index in [1.165, 1.54) is 24.3 Å². The number of aryl methyl sites for hydroxylation is 1. The highest BCUT2D eigenvalue weighted by Gasteiger charge is 2.20. The average molecular weight is 443 g/mol. The third kappa shape index (κ3) is 8.38. The number of carboxylic acids is 1. The molecule has 0 aliphatic carbocycles. The normalized spacial score (nSPS) is 11.3. The second-order valence-corrected chi connectivity index (χ2v) is 7.10. The maximum absolute atomic E-state index is 12.2. The van der Waals surface area contributed by atoms with Crippen LogP contribution in [0.1, 0.15) is 36.4 Å². The summed E-state index contributed by atoms with van der Waals surface area (Å²) in [6, 6.07) is 8.19. The van der Waals surface area contributed by atoms with Crippen LogP contribution in [0.25, 0.3) is 0 Å². The largest absolute Gasteiger partial charge is 0.481 e. The molecule has 2 rings (SSSR count). The fourth-order valence-electron chi connectivity index (χ4n) is 2.89. The van der Waals surface area contributed by atoms with E-state index < -0.39 is 29.3 Å². The number of carboxylic acid groups (broad SMARTS) is 1. The first-order valence-electron chi connectivity index (χ1n) is 9.93. The molecule has 1 aromatic heterocycles. The summed E-state index contributed by atoms with van der Waals surface area (Å²) in [5.41, 5.74) is 1.14. The monoisotopic (exact) mass is 443 g/mol. The van der Waals surface area contributed by atoms with Gasteiger partial charge in [-0.2, -0.15) is 0 Å². The number of hydrogen-bond acceptors (Lipinski definition) is 7. The predicted molar refractivity (Wildman–Crippen MR) is 116 cm³/mol. The van der Waals surface area contributed by atoms with E-state index in [1.54, 1.807) is 6.20 Å². The molecule has 0 spiro atoms. The summed E-state index contributed by atoms with van der Waals surface area (Å²) in [4.78, 5) is 49.8. The number of aliphatic carboxylic acids is 1. The van der Waals surface area contributed by atoms with Gasteiger partial charge in [0.2, 0.25) is 11.8 Å². The van der Waals surface area contributed by atoms with Crippen LogP contribution in [0.5, 0.6) is 0 Å². The number of carbonyl (C=O) groups excluding carboxylic acids is 2. The summed E-state index contributed by atoms with van der Waals surface area (Å²) in [6.45, 7) is 2.14. The molecule has 1 unspecified atom stereocenters. The quantitative estimate of drug-likeness (QED) is 0.220. The lowest BCUT2D eigenvalue weighted by atomic mass is 10.0. The van der Waals surface area contributed by atoms with Crippen molar-refractivity contribution >= 4 is 29.3 Å². The molecule has 0 saturated carbocycles. The number of benzene rings is 1. The van der Waals surface area contributed by atoms with E-state index in [0.717, 1.165) is 11.4 Å². The van der Waals surface area contributed by atoms with Gasteiger partial charge >= 0.3 is 5.97 Å². The lowest BCUT2D eigenvalue weighted by molar-refractivity contribution is -0.384. The number of anilines is 1. The molecule has 0 aliphatic rings. The molecule has 4 N–H and O–H groups in total. The molecule has 0 saturated heterocycles. The Kier molecular flexibility index (Phi) is 9.08. The Morgan fingerprint density at radius 3 is 2.66 bits per heavy atom. The number of hydrogen-bond donors (Lipinski definition) is 4. The van der Waals surface area contributed by atoms with Gasteiger partial charge in [0.15, 0.2) is 0 Å². The van der Waals surface area contributed by atoms with E-state index in [9.17, 15) is 24.5 Å². The molecule has 0 radical (unpaired) electrons. The van der Waals surface area contributed by atoms with Crippen LogP contribution in [0.4, 0.5) is 11.5 Å². The van der Waals surface area contributed by atoms with Crippen molar-refractivity contribution in [3.63, 3.8) is 0 Å². The first kappa shape index (κ1) is 24.3. The number of nitrogens with one attached hydrogen (secondary N) is 3. The van der Waals surface area contributed by atoms with Crippen LogP contribution in [-0.4, -0.2) is 45.9 Å². The smallest absolute Gasteiger partial charge is 0.305 e. The molecule has 1 atom stereocenters. The minimum Gasteiger partial charge on any atom is -0.481 e. The van der Waals surface area contributed by atoms with E-state index in [1.807, 2.05) is 19.1 Å². The summed E-state index contributed by atoms with van der Waals surface area (Å²) in [7, 11) is 0. The summed E-state index contributed by atoms with van der Waals surface area (Å²) in [5, 5.41) is 28.1. The molecule has 170 valence electrons. The third-order valence-corrected chi connectivity index (χ3v) is 4.45. The zero-order chi connectivity index (χ0) is 23.5. The Morgan fingerprint density at radius 1 is 1.19 bits per heavy atom. The van der Waals surface area contributed by atoms with Crippen LogP contribution in [0, 0.1) is 17.0 Å². The van der Waals surface area contributed by atoms with Crippen molar-refractivity contribution in [1.29, 1.82) is 0 Å². The van der Waals surface area contributed by atoms with Gasteiger partial charge in [0, 0.05) is 31.3 Å². The Balaban J connectivity index is 1.79. The Morgan fingerprint density at radius 2 is 1.97 bits per heavy atom. The second-order valence-electron chi connectivity index (χ2n) is 7.10. The number of nitro groups is 1. The van der Waals surface area contributed by atoms with Gasteiger partial charge in [-0.15, -0.1) is 0 Å². The van der Waals surface area contributed by atoms with E-state index in [4.69, 9.17) is 5.11 Å². The molecule has 32 heavy (non-hydrogen) atoms. The van der Waals surface area contributed by atoms with Gasteiger partial charge in [-0.1, -0.05) is 12.1 Å². The van der Waals surface area contributed by atoms with Crippen molar-refractivity contribution in [3.05, 3.63) is 63.8 Å². The van der Waals surface area contributed by atoms with Crippen LogP contribution in [0.2, 0.25) is 0 Å². The molecule has 1 aromatic carbocycles. The highest BCUT2D eigenvalue weighted by molar-refractivity contribution is 5.85. The molecule has 2 aromatic rings. The fraction of sp³-hybridized carbons (Fsp3) is 0.333. The number of nitro benzene ring substituents is 1. The number of nitrogens with zero attached hydrogens (tertiary/aromatic N) is 2. The zero-order valence-corrected chi connectivity index (χ0v) is 17.5. The predicted octanol–water partition coefficient (Wildman–Crippen LogP) is 1.94. The Labute approximate surface area is 184 Å². The first-order chi connectivity index (χ1) is 15.2. The van der Waals surface area contributed by atoms with Gasteiger partial charge < -0.3 is 21.1 Å².